The van der Waals surface area contributed by atoms with Gasteiger partial charge in [0.05, 0.1) is 0 Å². The van der Waals surface area contributed by atoms with Crippen LogP contribution in [-0.4, -0.2) is 40.0 Å². The van der Waals surface area contributed by atoms with E-state index in [9.17, 15) is 9.59 Å². The van der Waals surface area contributed by atoms with Gasteiger partial charge in [0.25, 0.3) is 5.91 Å². The highest BCUT2D eigenvalue weighted by Crippen LogP contribution is 2.08. The number of rotatable bonds is 6. The van der Waals surface area contributed by atoms with Crippen LogP contribution in [0.3, 0.4) is 0 Å². The van der Waals surface area contributed by atoms with Gasteiger partial charge in [0.15, 0.2) is 0 Å². The minimum Gasteiger partial charge on any atom is -0.480 e. The van der Waals surface area contributed by atoms with E-state index >= 15 is 0 Å². The third-order valence-corrected chi connectivity index (χ3v) is 2.62. The summed E-state index contributed by atoms with van der Waals surface area (Å²) < 4.78 is 0. The zero-order chi connectivity index (χ0) is 15.3. The van der Waals surface area contributed by atoms with E-state index in [0.29, 0.717) is 18.1 Å². The first-order chi connectivity index (χ1) is 9.33. The van der Waals surface area contributed by atoms with Crippen molar-refractivity contribution < 1.29 is 14.7 Å². The molecule has 110 valence electrons. The van der Waals surface area contributed by atoms with E-state index in [1.165, 1.54) is 6.07 Å². The average molecular weight is 280 g/mol. The van der Waals surface area contributed by atoms with Gasteiger partial charge in [-0.3, -0.25) is 4.79 Å². The smallest absolute Gasteiger partial charge is 0.326 e. The molecule has 1 amide bonds. The van der Waals surface area contributed by atoms with E-state index < -0.39 is 17.9 Å². The Morgan fingerprint density at radius 2 is 2.00 bits per heavy atom. The summed E-state index contributed by atoms with van der Waals surface area (Å²) in [6, 6.07) is 0.598. The van der Waals surface area contributed by atoms with Crippen molar-refractivity contribution in [1.29, 1.82) is 0 Å². The molecule has 0 fully saturated rings. The topological polar surface area (TPSA) is 104 Å². The van der Waals surface area contributed by atoms with Gasteiger partial charge in [-0.25, -0.2) is 14.8 Å². The predicted octanol–water partition coefficient (Wildman–Crippen LogP) is 1.06. The number of carbonyl (C=O) groups excluding carboxylic acids is 1. The Labute approximate surface area is 117 Å². The minimum atomic E-state index is -1.05. The molecule has 0 spiro atoms. The Morgan fingerprint density at radius 3 is 2.50 bits per heavy atom. The van der Waals surface area contributed by atoms with Crippen molar-refractivity contribution >= 4 is 17.8 Å². The fourth-order valence-corrected chi connectivity index (χ4v) is 1.72. The van der Waals surface area contributed by atoms with Gasteiger partial charge in [-0.1, -0.05) is 13.8 Å². The van der Waals surface area contributed by atoms with Crippen molar-refractivity contribution in [2.24, 2.45) is 5.92 Å². The van der Waals surface area contributed by atoms with E-state index in [-0.39, 0.29) is 11.6 Å². The Balaban J connectivity index is 2.88. The molecule has 7 heteroatoms. The molecule has 1 rings (SSSR count). The van der Waals surface area contributed by atoms with E-state index in [2.05, 4.69) is 20.6 Å². The number of carboxylic acid groups (broad SMARTS) is 1. The quantitative estimate of drug-likeness (QED) is 0.719. The normalized spacial score (nSPS) is 12.1. The molecule has 1 unspecified atom stereocenters. The lowest BCUT2D eigenvalue weighted by Crippen LogP contribution is -2.42. The van der Waals surface area contributed by atoms with Crippen LogP contribution in [0.2, 0.25) is 0 Å². The highest BCUT2D eigenvalue weighted by atomic mass is 16.4. The maximum Gasteiger partial charge on any atom is 0.326 e. The fraction of sp³-hybridized carbons (Fsp3) is 0.538. The summed E-state index contributed by atoms with van der Waals surface area (Å²) in [5, 5.41) is 14.4. The molecule has 20 heavy (non-hydrogen) atoms. The van der Waals surface area contributed by atoms with E-state index in [4.69, 9.17) is 5.11 Å². The predicted molar refractivity (Wildman–Crippen MR) is 74.7 cm³/mol. The second-order valence-corrected chi connectivity index (χ2v) is 4.96. The molecule has 7 nitrogen and oxygen atoms in total. The number of anilines is 1. The van der Waals surface area contributed by atoms with Crippen molar-refractivity contribution in [3.63, 3.8) is 0 Å². The molecule has 1 heterocycles. The van der Waals surface area contributed by atoms with Crippen molar-refractivity contribution in [3.8, 4) is 0 Å². The zero-order valence-electron chi connectivity index (χ0n) is 12.1. The molecule has 1 atom stereocenters. The van der Waals surface area contributed by atoms with Crippen LogP contribution < -0.4 is 10.6 Å². The van der Waals surface area contributed by atoms with Crippen LogP contribution in [0.4, 0.5) is 5.95 Å². The minimum absolute atomic E-state index is 0.150. The molecule has 0 aliphatic heterocycles. The number of hydrogen-bond acceptors (Lipinski definition) is 5. The van der Waals surface area contributed by atoms with Crippen LogP contribution in [0.5, 0.6) is 0 Å². The fourth-order valence-electron chi connectivity index (χ4n) is 1.72. The third kappa shape index (κ3) is 4.49. The number of aromatic nitrogens is 2. The molecular weight excluding hydrogens is 260 g/mol. The third-order valence-electron chi connectivity index (χ3n) is 2.62. The molecule has 0 saturated heterocycles. The molecule has 0 radical (unpaired) electrons. The number of nitrogens with zero attached hydrogens (tertiary/aromatic N) is 2. The number of aryl methyl sites for hydroxylation is 1. The van der Waals surface area contributed by atoms with E-state index in [0.717, 1.165) is 0 Å². The summed E-state index contributed by atoms with van der Waals surface area (Å²) in [4.78, 5) is 31.3. The number of carboxylic acids is 1. The maximum atomic E-state index is 12.1. The molecule has 0 saturated carbocycles. The van der Waals surface area contributed by atoms with Crippen LogP contribution in [-0.2, 0) is 4.79 Å². The van der Waals surface area contributed by atoms with E-state index in [1.807, 2.05) is 13.8 Å². The van der Waals surface area contributed by atoms with Crippen molar-refractivity contribution in [3.05, 3.63) is 17.5 Å². The standard InChI is InChI=1S/C13H20N4O3/c1-7(2)5-10(12(19)20)16-11(18)9-6-8(3)15-13(14-4)17-9/h6-7,10H,5H2,1-4H3,(H,16,18)(H,19,20)(H,14,15,17). The lowest BCUT2D eigenvalue weighted by molar-refractivity contribution is -0.139. The Bertz CT molecular complexity index is 502. The molecule has 1 aromatic rings. The van der Waals surface area contributed by atoms with Crippen LogP contribution in [0, 0.1) is 12.8 Å². The summed E-state index contributed by atoms with van der Waals surface area (Å²) in [7, 11) is 1.65. The second-order valence-electron chi connectivity index (χ2n) is 4.96. The number of nitrogens with one attached hydrogen (secondary N) is 2. The largest absolute Gasteiger partial charge is 0.480 e. The number of amides is 1. The number of aliphatic carboxylic acids is 1. The Morgan fingerprint density at radius 1 is 1.35 bits per heavy atom. The van der Waals surface area contributed by atoms with Gasteiger partial charge in [0, 0.05) is 12.7 Å². The number of hydrogen-bond donors (Lipinski definition) is 3. The zero-order valence-corrected chi connectivity index (χ0v) is 12.1. The van der Waals surface area contributed by atoms with Gasteiger partial charge in [-0.15, -0.1) is 0 Å². The Hall–Kier alpha value is -2.18. The van der Waals surface area contributed by atoms with Gasteiger partial charge in [0.2, 0.25) is 5.95 Å². The first-order valence-electron chi connectivity index (χ1n) is 6.40. The van der Waals surface area contributed by atoms with Crippen molar-refractivity contribution in [2.45, 2.75) is 33.2 Å². The summed E-state index contributed by atoms with van der Waals surface area (Å²) in [5.74, 6) is -1.07. The molecule has 1 aromatic heterocycles. The van der Waals surface area contributed by atoms with Crippen molar-refractivity contribution in [2.75, 3.05) is 12.4 Å². The SMILES string of the molecule is CNc1nc(C)cc(C(=O)NC(CC(C)C)C(=O)O)n1. The molecule has 0 bridgehead atoms. The van der Waals surface area contributed by atoms with Gasteiger partial charge in [0.1, 0.15) is 11.7 Å². The average Bonchev–Trinajstić information content (AvgIpc) is 2.36. The van der Waals surface area contributed by atoms with E-state index in [1.54, 1.807) is 14.0 Å². The van der Waals surface area contributed by atoms with Crippen LogP contribution in [0.15, 0.2) is 6.07 Å². The Kier molecular flexibility index (Phi) is 5.42. The lowest BCUT2D eigenvalue weighted by atomic mass is 10.0. The molecule has 3 N–H and O–H groups in total. The second kappa shape index (κ2) is 6.83. The van der Waals surface area contributed by atoms with Gasteiger partial charge in [-0.05, 0) is 25.3 Å². The molecule has 0 aliphatic rings. The maximum absolute atomic E-state index is 12.1. The van der Waals surface area contributed by atoms with Gasteiger partial charge in [-0.2, -0.15) is 0 Å². The lowest BCUT2D eigenvalue weighted by Gasteiger charge is -2.16. The van der Waals surface area contributed by atoms with Gasteiger partial charge < -0.3 is 15.7 Å². The molecule has 0 aromatic carbocycles. The highest BCUT2D eigenvalue weighted by Gasteiger charge is 2.22. The first-order valence-corrected chi connectivity index (χ1v) is 6.40. The molecule has 0 aliphatic carbocycles. The monoisotopic (exact) mass is 280 g/mol. The summed E-state index contributed by atoms with van der Waals surface area (Å²) in [5.41, 5.74) is 0.780. The summed E-state index contributed by atoms with van der Waals surface area (Å²) in [6.45, 7) is 5.54. The summed E-state index contributed by atoms with van der Waals surface area (Å²) >= 11 is 0. The van der Waals surface area contributed by atoms with Gasteiger partial charge >= 0.3 is 5.97 Å². The molecular formula is C13H20N4O3. The van der Waals surface area contributed by atoms with Crippen molar-refractivity contribution in [1.82, 2.24) is 15.3 Å². The van der Waals surface area contributed by atoms with Crippen LogP contribution >= 0.6 is 0 Å². The van der Waals surface area contributed by atoms with Crippen LogP contribution in [0.25, 0.3) is 0 Å². The highest BCUT2D eigenvalue weighted by molar-refractivity contribution is 5.95. The van der Waals surface area contributed by atoms with Crippen LogP contribution in [0.1, 0.15) is 36.5 Å². The first kappa shape index (κ1) is 15.9. The number of carbonyl (C=O) groups is 2. The summed E-state index contributed by atoms with van der Waals surface area (Å²) in [6.07, 6.45) is 0.365.